The van der Waals surface area contributed by atoms with Crippen LogP contribution in [-0.2, 0) is 3.79 Å². The molecule has 1 nitrogen and oxygen atoms in total. The number of phenolic OH excluding ortho intramolecular Hbond substituents is 1. The van der Waals surface area contributed by atoms with Gasteiger partial charge in [0, 0.05) is 5.56 Å². The van der Waals surface area contributed by atoms with Gasteiger partial charge in [0.1, 0.15) is 5.75 Å². The highest BCUT2D eigenvalue weighted by molar-refractivity contribution is 6.68. The van der Waals surface area contributed by atoms with Gasteiger partial charge in [-0.15, -0.1) is 0 Å². The predicted molar refractivity (Wildman–Crippen MR) is 71.5 cm³/mol. The zero-order valence-electron chi connectivity index (χ0n) is 8.49. The molecule has 0 radical (unpaired) electrons. The number of benzene rings is 1. The van der Waals surface area contributed by atoms with Gasteiger partial charge in [-0.3, -0.25) is 0 Å². The molecule has 16 heavy (non-hydrogen) atoms. The van der Waals surface area contributed by atoms with Crippen LogP contribution in [0.3, 0.4) is 0 Å². The first-order valence-corrected chi connectivity index (χ1v) is 6.33. The van der Waals surface area contributed by atoms with Gasteiger partial charge < -0.3 is 5.11 Å². The summed E-state index contributed by atoms with van der Waals surface area (Å²) < 4.78 is -1.76. The van der Waals surface area contributed by atoms with E-state index in [9.17, 15) is 5.11 Å². The molecule has 0 aromatic heterocycles. The molecule has 1 aromatic carbocycles. The van der Waals surface area contributed by atoms with Crippen LogP contribution in [0.4, 0.5) is 0 Å². The molecule has 90 valence electrons. The van der Waals surface area contributed by atoms with Gasteiger partial charge in [0.2, 0.25) is 3.79 Å². The Bertz CT molecular complexity index is 409. The Morgan fingerprint density at radius 1 is 1.19 bits per heavy atom. The van der Waals surface area contributed by atoms with E-state index in [-0.39, 0.29) is 27.3 Å². The first-order valence-electron chi connectivity index (χ1n) is 4.44. The quantitative estimate of drug-likeness (QED) is 0.662. The van der Waals surface area contributed by atoms with Gasteiger partial charge in [0.25, 0.3) is 0 Å². The minimum atomic E-state index is -1.76. The monoisotopic (exact) mass is 320 g/mol. The van der Waals surface area contributed by atoms with Crippen LogP contribution in [-0.4, -0.2) is 5.11 Å². The van der Waals surface area contributed by atoms with Crippen LogP contribution >= 0.6 is 58.0 Å². The van der Waals surface area contributed by atoms with E-state index in [0.29, 0.717) is 5.56 Å². The molecule has 0 atom stereocenters. The Morgan fingerprint density at radius 3 is 2.06 bits per heavy atom. The van der Waals surface area contributed by atoms with Crippen molar-refractivity contribution >= 4 is 58.0 Å². The van der Waals surface area contributed by atoms with Gasteiger partial charge in [-0.1, -0.05) is 71.9 Å². The van der Waals surface area contributed by atoms with E-state index in [4.69, 9.17) is 58.0 Å². The standard InChI is InChI=1S/C10H9Cl5O/c1-4(2)5-3-6(11)7(10(13,14)15)8(12)9(5)16/h3-4,16H,1-2H3. The molecule has 0 unspecified atom stereocenters. The third-order valence-corrected chi connectivity index (χ3v) is 3.36. The van der Waals surface area contributed by atoms with Crippen molar-refractivity contribution in [2.24, 2.45) is 0 Å². The van der Waals surface area contributed by atoms with E-state index in [2.05, 4.69) is 0 Å². The van der Waals surface area contributed by atoms with E-state index in [1.807, 2.05) is 13.8 Å². The highest BCUT2D eigenvalue weighted by Crippen LogP contribution is 2.50. The van der Waals surface area contributed by atoms with Crippen molar-refractivity contribution in [1.82, 2.24) is 0 Å². The number of hydrogen-bond acceptors (Lipinski definition) is 1. The summed E-state index contributed by atoms with van der Waals surface area (Å²) >= 11 is 29.1. The number of hydrogen-bond donors (Lipinski definition) is 1. The average Bonchev–Trinajstić information content (AvgIpc) is 2.08. The van der Waals surface area contributed by atoms with E-state index >= 15 is 0 Å². The molecular formula is C10H9Cl5O. The Morgan fingerprint density at radius 2 is 1.69 bits per heavy atom. The highest BCUT2D eigenvalue weighted by atomic mass is 35.6. The summed E-state index contributed by atoms with van der Waals surface area (Å²) in [5.74, 6) is -0.0261. The van der Waals surface area contributed by atoms with Crippen molar-refractivity contribution in [3.8, 4) is 5.75 Å². The summed E-state index contributed by atoms with van der Waals surface area (Å²) in [5, 5.41) is 10.1. The van der Waals surface area contributed by atoms with E-state index in [1.54, 1.807) is 6.07 Å². The number of aromatic hydroxyl groups is 1. The van der Waals surface area contributed by atoms with Gasteiger partial charge >= 0.3 is 0 Å². The fraction of sp³-hybridized carbons (Fsp3) is 0.400. The SMILES string of the molecule is CC(C)c1cc(Cl)c(C(Cl)(Cl)Cl)c(Cl)c1O. The van der Waals surface area contributed by atoms with Crippen molar-refractivity contribution in [1.29, 1.82) is 0 Å². The fourth-order valence-electron chi connectivity index (χ4n) is 1.33. The molecule has 0 saturated heterocycles. The topological polar surface area (TPSA) is 20.2 Å². The molecule has 1 N–H and O–H groups in total. The number of rotatable bonds is 1. The average molecular weight is 322 g/mol. The summed E-state index contributed by atoms with van der Waals surface area (Å²) in [4.78, 5) is 0. The fourth-order valence-corrected chi connectivity index (χ4v) is 2.96. The summed E-state index contributed by atoms with van der Waals surface area (Å²) in [6.45, 7) is 3.80. The largest absolute Gasteiger partial charge is 0.506 e. The summed E-state index contributed by atoms with van der Waals surface area (Å²) in [7, 11) is 0. The molecule has 1 rings (SSSR count). The zero-order valence-corrected chi connectivity index (χ0v) is 12.3. The van der Waals surface area contributed by atoms with E-state index in [1.165, 1.54) is 0 Å². The van der Waals surface area contributed by atoms with Gasteiger partial charge in [0.15, 0.2) is 0 Å². The molecule has 0 spiro atoms. The molecule has 6 heteroatoms. The molecule has 0 aliphatic rings. The second kappa shape index (κ2) is 4.99. The molecule has 1 aromatic rings. The highest BCUT2D eigenvalue weighted by Gasteiger charge is 2.31. The molecule has 0 saturated carbocycles. The summed E-state index contributed by atoms with van der Waals surface area (Å²) in [6.07, 6.45) is 0. The number of halogens is 5. The minimum Gasteiger partial charge on any atom is -0.506 e. The zero-order chi connectivity index (χ0) is 12.7. The van der Waals surface area contributed by atoms with Gasteiger partial charge in [0.05, 0.1) is 10.0 Å². The smallest absolute Gasteiger partial charge is 0.219 e. The first-order chi connectivity index (χ1) is 7.16. The van der Waals surface area contributed by atoms with Crippen LogP contribution in [0.5, 0.6) is 5.75 Å². The molecule has 0 aliphatic heterocycles. The molecule has 0 fully saturated rings. The Kier molecular flexibility index (Phi) is 4.53. The van der Waals surface area contributed by atoms with Crippen molar-refractivity contribution in [3.05, 3.63) is 27.2 Å². The Labute approximate surface area is 119 Å². The predicted octanol–water partition coefficient (Wildman–Crippen LogP) is 5.65. The molecule has 0 heterocycles. The van der Waals surface area contributed by atoms with E-state index < -0.39 is 3.79 Å². The van der Waals surface area contributed by atoms with Crippen LogP contribution < -0.4 is 0 Å². The van der Waals surface area contributed by atoms with Gasteiger partial charge in [-0.2, -0.15) is 0 Å². The lowest BCUT2D eigenvalue weighted by molar-refractivity contribution is 0.464. The van der Waals surface area contributed by atoms with Gasteiger partial charge in [-0.05, 0) is 17.5 Å². The number of alkyl halides is 3. The third kappa shape index (κ3) is 2.83. The lowest BCUT2D eigenvalue weighted by Gasteiger charge is -2.19. The molecule has 0 bridgehead atoms. The van der Waals surface area contributed by atoms with Crippen LogP contribution in [0.1, 0.15) is 30.9 Å². The first kappa shape index (κ1) is 14.5. The lowest BCUT2D eigenvalue weighted by Crippen LogP contribution is -2.04. The lowest BCUT2D eigenvalue weighted by atomic mass is 10.0. The summed E-state index contributed by atoms with van der Waals surface area (Å²) in [5.41, 5.74) is 0.718. The number of phenols is 1. The Balaban J connectivity index is 3.53. The molecular weight excluding hydrogens is 313 g/mol. The molecule has 0 aliphatic carbocycles. The summed E-state index contributed by atoms with van der Waals surface area (Å²) in [6, 6.07) is 1.56. The van der Waals surface area contributed by atoms with Crippen LogP contribution in [0.25, 0.3) is 0 Å². The third-order valence-electron chi connectivity index (χ3n) is 2.13. The van der Waals surface area contributed by atoms with Crippen LogP contribution in [0.2, 0.25) is 10.0 Å². The van der Waals surface area contributed by atoms with Crippen molar-refractivity contribution in [2.45, 2.75) is 23.6 Å². The maximum atomic E-state index is 9.87. The van der Waals surface area contributed by atoms with Crippen LogP contribution in [0, 0.1) is 0 Å². The minimum absolute atomic E-state index is 0.0174. The normalized spacial score (nSPS) is 12.2. The second-order valence-corrected chi connectivity index (χ2v) is 6.70. The van der Waals surface area contributed by atoms with Crippen LogP contribution in [0.15, 0.2) is 6.07 Å². The van der Waals surface area contributed by atoms with Gasteiger partial charge in [-0.25, -0.2) is 0 Å². The molecule has 0 amide bonds. The van der Waals surface area contributed by atoms with Crippen molar-refractivity contribution < 1.29 is 5.11 Å². The van der Waals surface area contributed by atoms with E-state index in [0.717, 1.165) is 0 Å². The maximum absolute atomic E-state index is 9.87. The van der Waals surface area contributed by atoms with Crippen molar-refractivity contribution in [3.63, 3.8) is 0 Å². The second-order valence-electron chi connectivity index (χ2n) is 3.64. The van der Waals surface area contributed by atoms with Crippen molar-refractivity contribution in [2.75, 3.05) is 0 Å². The maximum Gasteiger partial charge on any atom is 0.219 e. The Hall–Kier alpha value is 0.470.